The Hall–Kier alpha value is -3.49. The topological polar surface area (TPSA) is 102 Å². The SMILES string of the molecule is CC/C=C/C=C/C=C/CCCCCCCCCC(=O)OC(COCCC(C(=O)[O-])[N+](C)(C)C)COC(=O)CCC/C=C/C/C=C/C/C=C/C/C=C/CCCCC. The molecule has 0 aliphatic carbocycles. The van der Waals surface area contributed by atoms with E-state index in [-0.39, 0.29) is 49.1 Å². The third-order valence-electron chi connectivity index (χ3n) is 9.08. The van der Waals surface area contributed by atoms with Crippen LogP contribution in [0.3, 0.4) is 0 Å². The number of ether oxygens (including phenoxy) is 3. The van der Waals surface area contributed by atoms with E-state index in [1.165, 1.54) is 44.9 Å². The Labute approximate surface area is 342 Å². The molecule has 0 heterocycles. The average molecular weight is 782 g/mol. The van der Waals surface area contributed by atoms with Crippen molar-refractivity contribution in [1.29, 1.82) is 0 Å². The summed E-state index contributed by atoms with van der Waals surface area (Å²) in [6.07, 6.45) is 49.0. The molecule has 8 nitrogen and oxygen atoms in total. The van der Waals surface area contributed by atoms with Crippen LogP contribution in [0, 0.1) is 0 Å². The number of carboxylic acid groups (broad SMARTS) is 1. The number of unbranched alkanes of at least 4 members (excludes halogenated alkanes) is 11. The number of carbonyl (C=O) groups is 3. The van der Waals surface area contributed by atoms with Gasteiger partial charge < -0.3 is 28.6 Å². The first kappa shape index (κ1) is 52.5. The molecule has 0 saturated carbocycles. The van der Waals surface area contributed by atoms with Gasteiger partial charge in [0.15, 0.2) is 6.10 Å². The zero-order valence-corrected chi connectivity index (χ0v) is 36.0. The Morgan fingerprint density at radius 2 is 1.09 bits per heavy atom. The Bertz CT molecular complexity index is 1190. The number of quaternary nitrogens is 1. The fourth-order valence-electron chi connectivity index (χ4n) is 5.71. The minimum absolute atomic E-state index is 0.0134. The zero-order valence-electron chi connectivity index (χ0n) is 36.0. The van der Waals surface area contributed by atoms with Crippen LogP contribution in [-0.4, -0.2) is 75.5 Å². The lowest BCUT2D eigenvalue weighted by Gasteiger charge is -2.34. The van der Waals surface area contributed by atoms with Crippen LogP contribution in [0.2, 0.25) is 0 Å². The Balaban J connectivity index is 4.48. The van der Waals surface area contributed by atoms with E-state index in [9.17, 15) is 19.5 Å². The third-order valence-corrected chi connectivity index (χ3v) is 9.08. The molecule has 0 saturated heterocycles. The zero-order chi connectivity index (χ0) is 41.4. The predicted molar refractivity (Wildman–Crippen MR) is 231 cm³/mol. The molecule has 0 aliphatic rings. The molecule has 56 heavy (non-hydrogen) atoms. The van der Waals surface area contributed by atoms with Crippen LogP contribution >= 0.6 is 0 Å². The first-order valence-corrected chi connectivity index (χ1v) is 21.6. The second-order valence-electron chi connectivity index (χ2n) is 15.3. The van der Waals surface area contributed by atoms with Crippen molar-refractivity contribution in [1.82, 2.24) is 0 Å². The van der Waals surface area contributed by atoms with Gasteiger partial charge in [-0.05, 0) is 70.6 Å². The molecule has 2 unspecified atom stereocenters. The summed E-state index contributed by atoms with van der Waals surface area (Å²) in [6, 6.07) is -0.740. The molecular formula is C48H79NO7. The van der Waals surface area contributed by atoms with E-state index in [4.69, 9.17) is 14.2 Å². The van der Waals surface area contributed by atoms with Crippen molar-refractivity contribution in [3.05, 3.63) is 85.1 Å². The molecule has 0 aromatic heterocycles. The van der Waals surface area contributed by atoms with E-state index in [1.807, 2.05) is 0 Å². The van der Waals surface area contributed by atoms with Crippen molar-refractivity contribution in [2.45, 2.75) is 161 Å². The van der Waals surface area contributed by atoms with Gasteiger partial charge in [0.25, 0.3) is 0 Å². The van der Waals surface area contributed by atoms with Gasteiger partial charge in [-0.15, -0.1) is 0 Å². The second kappa shape index (κ2) is 38.4. The summed E-state index contributed by atoms with van der Waals surface area (Å²) in [5.41, 5.74) is 0. The number of esters is 2. The lowest BCUT2D eigenvalue weighted by atomic mass is 10.1. The summed E-state index contributed by atoms with van der Waals surface area (Å²) in [7, 11) is 5.37. The number of aliphatic carboxylic acids is 1. The minimum atomic E-state index is -1.14. The Morgan fingerprint density at radius 3 is 1.68 bits per heavy atom. The maximum Gasteiger partial charge on any atom is 0.306 e. The molecule has 0 N–H and O–H groups in total. The van der Waals surface area contributed by atoms with Crippen LogP contribution in [0.25, 0.3) is 0 Å². The van der Waals surface area contributed by atoms with Gasteiger partial charge in [-0.2, -0.15) is 0 Å². The Morgan fingerprint density at radius 1 is 0.571 bits per heavy atom. The lowest BCUT2D eigenvalue weighted by Crippen LogP contribution is -2.55. The van der Waals surface area contributed by atoms with E-state index < -0.39 is 18.1 Å². The summed E-state index contributed by atoms with van der Waals surface area (Å²) in [6.45, 7) is 4.41. The van der Waals surface area contributed by atoms with E-state index in [0.717, 1.165) is 64.2 Å². The van der Waals surface area contributed by atoms with Gasteiger partial charge in [0.05, 0.1) is 40.3 Å². The van der Waals surface area contributed by atoms with Crippen molar-refractivity contribution in [2.75, 3.05) is 41.0 Å². The normalized spacial score (nSPS) is 13.8. The molecule has 0 amide bonds. The highest BCUT2D eigenvalue weighted by Gasteiger charge is 2.25. The largest absolute Gasteiger partial charge is 0.544 e. The number of carbonyl (C=O) groups excluding carboxylic acids is 3. The lowest BCUT2D eigenvalue weighted by molar-refractivity contribution is -0.889. The standard InChI is InChI=1S/C48H79NO7/c1-6-8-10-12-14-16-18-20-22-23-25-26-28-30-32-34-36-38-46(50)55-43-44(42-54-41-40-45(48(52)53)49(3,4)5)56-47(51)39-37-35-33-31-29-27-24-21-19-17-15-13-11-9-7-2/h9,11,13-17,19-20,22,25-26,30,32,44-45H,6-8,10,12,18,21,23-24,27-29,31,33-43H2,1-5H3/b11-9+,15-13+,16-14+,19-17+,22-20+,26-25+,32-30+. The molecule has 0 radical (unpaired) electrons. The molecule has 0 spiro atoms. The predicted octanol–water partition coefficient (Wildman–Crippen LogP) is 10.4. The highest BCUT2D eigenvalue weighted by atomic mass is 16.6. The van der Waals surface area contributed by atoms with Crippen molar-refractivity contribution in [3.63, 3.8) is 0 Å². The number of rotatable bonds is 37. The molecule has 0 fully saturated rings. The monoisotopic (exact) mass is 782 g/mol. The van der Waals surface area contributed by atoms with Crippen LogP contribution in [0.5, 0.6) is 0 Å². The number of nitrogens with zero attached hydrogens (tertiary/aromatic N) is 1. The van der Waals surface area contributed by atoms with Crippen LogP contribution in [-0.2, 0) is 28.6 Å². The molecule has 0 rings (SSSR count). The number of carboxylic acids is 1. The maximum absolute atomic E-state index is 12.7. The van der Waals surface area contributed by atoms with Crippen LogP contribution < -0.4 is 5.11 Å². The number of hydrogen-bond acceptors (Lipinski definition) is 7. The van der Waals surface area contributed by atoms with Crippen molar-refractivity contribution in [2.24, 2.45) is 0 Å². The van der Waals surface area contributed by atoms with Crippen LogP contribution in [0.15, 0.2) is 85.1 Å². The summed E-state index contributed by atoms with van der Waals surface area (Å²) in [5.74, 6) is -1.84. The molecule has 2 atom stereocenters. The third kappa shape index (κ3) is 36.2. The molecule has 0 aromatic carbocycles. The van der Waals surface area contributed by atoms with Gasteiger partial charge in [-0.1, -0.05) is 144 Å². The smallest absolute Gasteiger partial charge is 0.306 e. The van der Waals surface area contributed by atoms with Gasteiger partial charge in [-0.3, -0.25) is 9.59 Å². The molecule has 0 aliphatic heterocycles. The van der Waals surface area contributed by atoms with Crippen LogP contribution in [0.4, 0.5) is 0 Å². The molecule has 8 heteroatoms. The Kier molecular flexibility index (Phi) is 36.0. The number of allylic oxidation sites excluding steroid dienone is 14. The maximum atomic E-state index is 12.7. The van der Waals surface area contributed by atoms with Gasteiger partial charge in [-0.25, -0.2) is 0 Å². The van der Waals surface area contributed by atoms with Gasteiger partial charge in [0, 0.05) is 19.3 Å². The van der Waals surface area contributed by atoms with Crippen molar-refractivity contribution in [3.8, 4) is 0 Å². The van der Waals surface area contributed by atoms with Crippen LogP contribution in [0.1, 0.15) is 149 Å². The molecule has 318 valence electrons. The van der Waals surface area contributed by atoms with Crippen molar-refractivity contribution < 1.29 is 38.2 Å². The summed E-state index contributed by atoms with van der Waals surface area (Å²) >= 11 is 0. The fraction of sp³-hybridized carbons (Fsp3) is 0.646. The number of likely N-dealkylation sites (N-methyl/N-ethyl adjacent to an activating group) is 1. The molecular weight excluding hydrogens is 703 g/mol. The van der Waals surface area contributed by atoms with E-state index >= 15 is 0 Å². The van der Waals surface area contributed by atoms with Gasteiger partial charge in [0.2, 0.25) is 0 Å². The molecule has 0 bridgehead atoms. The first-order chi connectivity index (χ1) is 27.1. The quantitative estimate of drug-likeness (QED) is 0.0203. The summed E-state index contributed by atoms with van der Waals surface area (Å²) in [5, 5.41) is 11.6. The van der Waals surface area contributed by atoms with E-state index in [2.05, 4.69) is 98.9 Å². The molecule has 0 aromatic rings. The highest BCUT2D eigenvalue weighted by Crippen LogP contribution is 2.12. The van der Waals surface area contributed by atoms with E-state index in [1.54, 1.807) is 21.1 Å². The van der Waals surface area contributed by atoms with E-state index in [0.29, 0.717) is 12.8 Å². The van der Waals surface area contributed by atoms with Gasteiger partial charge >= 0.3 is 11.9 Å². The average Bonchev–Trinajstić information content (AvgIpc) is 3.15. The first-order valence-electron chi connectivity index (χ1n) is 21.6. The summed E-state index contributed by atoms with van der Waals surface area (Å²) in [4.78, 5) is 36.8. The van der Waals surface area contributed by atoms with Gasteiger partial charge in [0.1, 0.15) is 12.6 Å². The summed E-state index contributed by atoms with van der Waals surface area (Å²) < 4.78 is 17.1. The second-order valence-corrected chi connectivity index (χ2v) is 15.3. The van der Waals surface area contributed by atoms with Crippen molar-refractivity contribution >= 4 is 17.9 Å². The number of hydrogen-bond donors (Lipinski definition) is 0. The highest BCUT2D eigenvalue weighted by molar-refractivity contribution is 5.70. The minimum Gasteiger partial charge on any atom is -0.544 e. The fourth-order valence-corrected chi connectivity index (χ4v) is 5.71.